The Morgan fingerprint density at radius 2 is 1.89 bits per heavy atom. The topological polar surface area (TPSA) is 85.6 Å². The maximum Gasteiger partial charge on any atom is 0.251 e. The number of carbonyl (C=O) groups excluding carboxylic acids is 1. The predicted molar refractivity (Wildman–Crippen MR) is 108 cm³/mol. The van der Waals surface area contributed by atoms with Gasteiger partial charge < -0.3 is 9.88 Å². The van der Waals surface area contributed by atoms with Crippen molar-refractivity contribution in [3.05, 3.63) is 59.6 Å². The highest BCUT2D eigenvalue weighted by Crippen LogP contribution is 2.19. The van der Waals surface area contributed by atoms with Gasteiger partial charge in [0, 0.05) is 36.3 Å². The van der Waals surface area contributed by atoms with E-state index in [1.807, 2.05) is 48.7 Å². The van der Waals surface area contributed by atoms with Crippen LogP contribution in [0.1, 0.15) is 48.0 Å². The third kappa shape index (κ3) is 4.79. The van der Waals surface area contributed by atoms with E-state index >= 15 is 0 Å². The Hall–Kier alpha value is -3.09. The predicted octanol–water partition coefficient (Wildman–Crippen LogP) is 2.99. The molecule has 7 nitrogen and oxygen atoms in total. The number of nitrogens with zero attached hydrogens (tertiary/aromatic N) is 5. The number of hydrogen-bond donors (Lipinski definition) is 1. The van der Waals surface area contributed by atoms with Crippen LogP contribution in [0.25, 0.3) is 11.3 Å². The summed E-state index contributed by atoms with van der Waals surface area (Å²) in [4.78, 5) is 21.4. The molecule has 2 heterocycles. The first-order valence-electron chi connectivity index (χ1n) is 9.70. The zero-order valence-corrected chi connectivity index (χ0v) is 16.6. The molecule has 2 aromatic heterocycles. The number of aryl methyl sites for hydroxylation is 3. The fourth-order valence-corrected chi connectivity index (χ4v) is 3.08. The molecule has 0 spiro atoms. The molecule has 1 aromatic carbocycles. The van der Waals surface area contributed by atoms with E-state index in [0.717, 1.165) is 48.0 Å². The molecule has 1 amide bonds. The Morgan fingerprint density at radius 3 is 2.61 bits per heavy atom. The minimum atomic E-state index is -0.0975. The number of amides is 1. The smallest absolute Gasteiger partial charge is 0.251 e. The molecule has 0 bridgehead atoms. The quantitative estimate of drug-likeness (QED) is 0.651. The Kier molecular flexibility index (Phi) is 6.47. The highest BCUT2D eigenvalue weighted by atomic mass is 16.1. The van der Waals surface area contributed by atoms with Crippen LogP contribution in [0.15, 0.2) is 36.7 Å². The first-order chi connectivity index (χ1) is 13.6. The van der Waals surface area contributed by atoms with Crippen LogP contribution in [0.5, 0.6) is 0 Å². The van der Waals surface area contributed by atoms with E-state index < -0.39 is 0 Å². The minimum Gasteiger partial charge on any atom is -0.352 e. The van der Waals surface area contributed by atoms with Crippen LogP contribution in [-0.2, 0) is 19.4 Å². The average molecular weight is 378 g/mol. The molecule has 0 saturated heterocycles. The molecular formula is C21H26N6O. The minimum absolute atomic E-state index is 0.0975. The van der Waals surface area contributed by atoms with E-state index in [-0.39, 0.29) is 5.91 Å². The Balaban J connectivity index is 1.63. The lowest BCUT2D eigenvalue weighted by Gasteiger charge is -2.08. The normalized spacial score (nSPS) is 10.8. The van der Waals surface area contributed by atoms with E-state index in [2.05, 4.69) is 32.4 Å². The van der Waals surface area contributed by atoms with Crippen molar-refractivity contribution in [3.63, 3.8) is 0 Å². The molecule has 28 heavy (non-hydrogen) atoms. The van der Waals surface area contributed by atoms with Gasteiger partial charge in [0.25, 0.3) is 5.91 Å². The third-order valence-electron chi connectivity index (χ3n) is 4.51. The molecule has 7 heteroatoms. The molecule has 0 atom stereocenters. The van der Waals surface area contributed by atoms with Gasteiger partial charge in [-0.05, 0) is 38.5 Å². The van der Waals surface area contributed by atoms with Gasteiger partial charge in [0.1, 0.15) is 18.0 Å². The first kappa shape index (κ1) is 19.7. The van der Waals surface area contributed by atoms with Gasteiger partial charge in [-0.25, -0.2) is 9.97 Å². The van der Waals surface area contributed by atoms with Crippen molar-refractivity contribution in [2.75, 3.05) is 6.54 Å². The van der Waals surface area contributed by atoms with Crippen molar-refractivity contribution >= 4 is 5.91 Å². The second-order valence-corrected chi connectivity index (χ2v) is 6.66. The molecule has 0 aliphatic heterocycles. The highest BCUT2D eigenvalue weighted by Gasteiger charge is 2.09. The monoisotopic (exact) mass is 378 g/mol. The number of benzene rings is 1. The van der Waals surface area contributed by atoms with Gasteiger partial charge >= 0.3 is 0 Å². The van der Waals surface area contributed by atoms with Crippen LogP contribution in [-0.4, -0.2) is 37.2 Å². The number of nitrogens with one attached hydrogen (secondary N) is 1. The standard InChI is InChI=1S/C21H26N6O/c1-4-6-18-13-19(25-15(3)24-18)16-7-9-17(10-8-16)21(28)22-12-11-20-26-23-14-27(20)5-2/h7-10,13-14H,4-6,11-12H2,1-3H3,(H,22,28). The summed E-state index contributed by atoms with van der Waals surface area (Å²) in [5.41, 5.74) is 3.55. The molecule has 0 saturated carbocycles. The Morgan fingerprint density at radius 1 is 1.11 bits per heavy atom. The second-order valence-electron chi connectivity index (χ2n) is 6.66. The lowest BCUT2D eigenvalue weighted by molar-refractivity contribution is 0.0954. The van der Waals surface area contributed by atoms with Crippen LogP contribution >= 0.6 is 0 Å². The maximum absolute atomic E-state index is 12.4. The van der Waals surface area contributed by atoms with E-state index in [1.165, 1.54) is 0 Å². The van der Waals surface area contributed by atoms with Gasteiger partial charge in [-0.1, -0.05) is 25.5 Å². The van der Waals surface area contributed by atoms with Crippen molar-refractivity contribution in [1.82, 2.24) is 30.0 Å². The molecule has 146 valence electrons. The zero-order valence-electron chi connectivity index (χ0n) is 16.6. The van der Waals surface area contributed by atoms with Crippen molar-refractivity contribution in [3.8, 4) is 11.3 Å². The molecule has 0 radical (unpaired) electrons. The first-order valence-corrected chi connectivity index (χ1v) is 9.70. The fourth-order valence-electron chi connectivity index (χ4n) is 3.08. The Labute approximate surface area is 165 Å². The lowest BCUT2D eigenvalue weighted by Crippen LogP contribution is -2.26. The average Bonchev–Trinajstić information content (AvgIpc) is 3.15. The molecule has 0 aliphatic rings. The van der Waals surface area contributed by atoms with Crippen LogP contribution in [0.4, 0.5) is 0 Å². The van der Waals surface area contributed by atoms with Gasteiger partial charge in [-0.2, -0.15) is 0 Å². The number of hydrogen-bond acceptors (Lipinski definition) is 5. The maximum atomic E-state index is 12.4. The summed E-state index contributed by atoms with van der Waals surface area (Å²) in [6.45, 7) is 7.42. The van der Waals surface area contributed by atoms with Crippen LogP contribution < -0.4 is 5.32 Å². The summed E-state index contributed by atoms with van der Waals surface area (Å²) < 4.78 is 1.97. The molecular weight excluding hydrogens is 352 g/mol. The third-order valence-corrected chi connectivity index (χ3v) is 4.51. The number of aromatic nitrogens is 5. The molecule has 3 rings (SSSR count). The largest absolute Gasteiger partial charge is 0.352 e. The van der Waals surface area contributed by atoms with E-state index in [1.54, 1.807) is 6.33 Å². The lowest BCUT2D eigenvalue weighted by atomic mass is 10.1. The van der Waals surface area contributed by atoms with E-state index in [0.29, 0.717) is 18.5 Å². The zero-order chi connectivity index (χ0) is 19.9. The SMILES string of the molecule is CCCc1cc(-c2ccc(C(=O)NCCc3nncn3CC)cc2)nc(C)n1. The molecule has 0 fully saturated rings. The number of rotatable bonds is 8. The summed E-state index contributed by atoms with van der Waals surface area (Å²) >= 11 is 0. The van der Waals surface area contributed by atoms with E-state index in [4.69, 9.17) is 0 Å². The van der Waals surface area contributed by atoms with Gasteiger partial charge in [-0.3, -0.25) is 4.79 Å². The number of carbonyl (C=O) groups is 1. The van der Waals surface area contributed by atoms with Gasteiger partial charge in [0.2, 0.25) is 0 Å². The molecule has 1 N–H and O–H groups in total. The summed E-state index contributed by atoms with van der Waals surface area (Å²) in [5.74, 6) is 1.54. The van der Waals surface area contributed by atoms with Gasteiger partial charge in [0.05, 0.1) is 5.69 Å². The summed E-state index contributed by atoms with van der Waals surface area (Å²) in [7, 11) is 0. The summed E-state index contributed by atoms with van der Waals surface area (Å²) in [6.07, 6.45) is 4.33. The molecule has 3 aromatic rings. The summed E-state index contributed by atoms with van der Waals surface area (Å²) in [5, 5.41) is 10.9. The van der Waals surface area contributed by atoms with Crippen LogP contribution in [0.3, 0.4) is 0 Å². The van der Waals surface area contributed by atoms with Gasteiger partial charge in [0.15, 0.2) is 0 Å². The van der Waals surface area contributed by atoms with Crippen molar-refractivity contribution < 1.29 is 4.79 Å². The van der Waals surface area contributed by atoms with Crippen molar-refractivity contribution in [2.24, 2.45) is 0 Å². The van der Waals surface area contributed by atoms with Crippen molar-refractivity contribution in [2.45, 2.75) is 46.6 Å². The van der Waals surface area contributed by atoms with Crippen LogP contribution in [0.2, 0.25) is 0 Å². The molecule has 0 aliphatic carbocycles. The van der Waals surface area contributed by atoms with Gasteiger partial charge in [-0.15, -0.1) is 10.2 Å². The van der Waals surface area contributed by atoms with Crippen molar-refractivity contribution in [1.29, 1.82) is 0 Å². The second kappa shape index (κ2) is 9.21. The summed E-state index contributed by atoms with van der Waals surface area (Å²) in [6, 6.07) is 9.54. The fraction of sp³-hybridized carbons (Fsp3) is 0.381. The Bertz CT molecular complexity index is 932. The van der Waals surface area contributed by atoms with E-state index in [9.17, 15) is 4.79 Å². The molecule has 0 unspecified atom stereocenters. The van der Waals surface area contributed by atoms with Crippen LogP contribution in [0, 0.1) is 6.92 Å². The highest BCUT2D eigenvalue weighted by molar-refractivity contribution is 5.94.